The highest BCUT2D eigenvalue weighted by Crippen LogP contribution is 2.39. The van der Waals surface area contributed by atoms with Crippen molar-refractivity contribution in [1.29, 1.82) is 0 Å². The van der Waals surface area contributed by atoms with Gasteiger partial charge in [-0.2, -0.15) is 0 Å². The molecule has 7 nitrogen and oxygen atoms in total. The number of methoxy groups -OCH3 is 1. The third-order valence-electron chi connectivity index (χ3n) is 7.26. The van der Waals surface area contributed by atoms with Crippen LogP contribution in [-0.2, 0) is 26.8 Å². The highest BCUT2D eigenvalue weighted by Gasteiger charge is 2.46. The van der Waals surface area contributed by atoms with E-state index < -0.39 is 37.6 Å². The topological polar surface area (TPSA) is 94.1 Å². The van der Waals surface area contributed by atoms with Gasteiger partial charge in [0.15, 0.2) is 8.32 Å². The second-order valence-electron chi connectivity index (χ2n) is 12.8. The van der Waals surface area contributed by atoms with Gasteiger partial charge in [-0.15, -0.1) is 0 Å². The van der Waals surface area contributed by atoms with Crippen molar-refractivity contribution in [2.24, 2.45) is 0 Å². The van der Waals surface area contributed by atoms with Gasteiger partial charge in [-0.05, 0) is 75.0 Å². The van der Waals surface area contributed by atoms with Gasteiger partial charge in [0.25, 0.3) is 0 Å². The van der Waals surface area contributed by atoms with Gasteiger partial charge in [-0.25, -0.2) is 9.59 Å². The number of rotatable bonds is 12. The van der Waals surface area contributed by atoms with Gasteiger partial charge in [0.05, 0.1) is 7.11 Å². The van der Waals surface area contributed by atoms with E-state index in [1.165, 1.54) is 0 Å². The Morgan fingerprint density at radius 2 is 1.51 bits per heavy atom. The first-order valence-electron chi connectivity index (χ1n) is 13.6. The van der Waals surface area contributed by atoms with Gasteiger partial charge in [0.2, 0.25) is 0 Å². The molecule has 0 spiro atoms. The minimum absolute atomic E-state index is 0.0638. The summed E-state index contributed by atoms with van der Waals surface area (Å²) in [6.45, 7) is 16.1. The molecule has 2 atom stereocenters. The summed E-state index contributed by atoms with van der Waals surface area (Å²) in [5.74, 6) is -0.463. The molecule has 2 aromatic rings. The Kier molecular flexibility index (Phi) is 10.8. The highest BCUT2D eigenvalue weighted by molar-refractivity contribution is 6.74. The summed E-state index contributed by atoms with van der Waals surface area (Å²) in [4.78, 5) is 26.1. The van der Waals surface area contributed by atoms with Crippen molar-refractivity contribution in [2.45, 2.75) is 103 Å². The molecule has 0 bridgehead atoms. The standard InChI is InChI=1S/C31H47NO6Si/c1-29(2,3)37-28(35)32-31(27(33)34,21-24-16-18-25(36-7)19-17-24)22-26(38-39(8,9)30(4,5)6)20-15-23-13-11-10-12-14-23/h10-14,16-19,26H,15,20-22H2,1-9H3,(H,32,35)(H,33,34)/t26-,31+/m0/s1. The summed E-state index contributed by atoms with van der Waals surface area (Å²) >= 11 is 0. The number of amides is 1. The fourth-order valence-electron chi connectivity index (χ4n) is 4.13. The van der Waals surface area contributed by atoms with Crippen molar-refractivity contribution in [3.63, 3.8) is 0 Å². The van der Waals surface area contributed by atoms with Crippen LogP contribution in [0.25, 0.3) is 0 Å². The minimum atomic E-state index is -2.28. The maximum atomic E-state index is 13.1. The Bertz CT molecular complexity index is 1070. The van der Waals surface area contributed by atoms with Crippen LogP contribution in [0.1, 0.15) is 65.5 Å². The van der Waals surface area contributed by atoms with Crippen molar-refractivity contribution < 1.29 is 28.6 Å². The number of carbonyl (C=O) groups is 2. The summed E-state index contributed by atoms with van der Waals surface area (Å²) in [6.07, 6.45) is 0.318. The van der Waals surface area contributed by atoms with E-state index in [1.54, 1.807) is 40.0 Å². The zero-order chi connectivity index (χ0) is 29.5. The van der Waals surface area contributed by atoms with Crippen LogP contribution in [0, 0.1) is 0 Å². The SMILES string of the molecule is COc1ccc(C[C@](C[C@H](CCc2ccccc2)O[Si](C)(C)C(C)(C)C)(NC(=O)OC(C)(C)C)C(=O)O)cc1. The molecular weight excluding hydrogens is 510 g/mol. The Morgan fingerprint density at radius 3 is 2.00 bits per heavy atom. The Balaban J connectivity index is 2.50. The van der Waals surface area contributed by atoms with E-state index in [0.717, 1.165) is 17.5 Å². The van der Waals surface area contributed by atoms with Crippen molar-refractivity contribution in [3.05, 3.63) is 65.7 Å². The number of aryl methyl sites for hydroxylation is 1. The molecule has 0 saturated carbocycles. The molecule has 2 rings (SSSR count). The van der Waals surface area contributed by atoms with E-state index in [4.69, 9.17) is 13.9 Å². The van der Waals surface area contributed by atoms with Crippen LogP contribution in [0.5, 0.6) is 5.75 Å². The third kappa shape index (κ3) is 10.0. The molecule has 8 heteroatoms. The number of nitrogens with one attached hydrogen (secondary N) is 1. The van der Waals surface area contributed by atoms with E-state index in [-0.39, 0.29) is 17.9 Å². The second-order valence-corrected chi connectivity index (χ2v) is 17.5. The number of aliphatic carboxylic acids is 1. The maximum Gasteiger partial charge on any atom is 0.408 e. The molecule has 0 saturated heterocycles. The van der Waals surface area contributed by atoms with Gasteiger partial charge in [0, 0.05) is 18.9 Å². The van der Waals surface area contributed by atoms with Crippen molar-refractivity contribution in [3.8, 4) is 5.75 Å². The van der Waals surface area contributed by atoms with E-state index in [1.807, 2.05) is 30.3 Å². The molecule has 216 valence electrons. The Hall–Kier alpha value is -2.84. The lowest BCUT2D eigenvalue weighted by molar-refractivity contribution is -0.146. The Morgan fingerprint density at radius 1 is 0.923 bits per heavy atom. The molecule has 0 heterocycles. The van der Waals surface area contributed by atoms with Gasteiger partial charge >= 0.3 is 12.1 Å². The summed E-state index contributed by atoms with van der Waals surface area (Å²) in [5, 5.41) is 13.4. The predicted octanol–water partition coefficient (Wildman–Crippen LogP) is 7.00. The van der Waals surface area contributed by atoms with Crippen LogP contribution >= 0.6 is 0 Å². The van der Waals surface area contributed by atoms with Crippen LogP contribution < -0.4 is 10.1 Å². The van der Waals surface area contributed by atoms with E-state index in [0.29, 0.717) is 12.2 Å². The lowest BCUT2D eigenvalue weighted by atomic mass is 9.84. The van der Waals surface area contributed by atoms with E-state index in [9.17, 15) is 14.7 Å². The van der Waals surface area contributed by atoms with Gasteiger partial charge in [-0.1, -0.05) is 63.2 Å². The van der Waals surface area contributed by atoms with Crippen LogP contribution in [0.15, 0.2) is 54.6 Å². The number of carbonyl (C=O) groups excluding carboxylic acids is 1. The second kappa shape index (κ2) is 13.0. The molecule has 0 aromatic heterocycles. The quantitative estimate of drug-likeness (QED) is 0.273. The molecular formula is C31H47NO6Si. The lowest BCUT2D eigenvalue weighted by Gasteiger charge is -2.42. The number of carboxylic acid groups (broad SMARTS) is 1. The minimum Gasteiger partial charge on any atom is -0.497 e. The molecule has 0 unspecified atom stereocenters. The van der Waals surface area contributed by atoms with Crippen LogP contribution in [0.2, 0.25) is 18.1 Å². The molecule has 39 heavy (non-hydrogen) atoms. The molecule has 2 aromatic carbocycles. The van der Waals surface area contributed by atoms with Gasteiger partial charge in [-0.3, -0.25) is 0 Å². The number of benzene rings is 2. The summed E-state index contributed by atoms with van der Waals surface area (Å²) < 4.78 is 17.6. The van der Waals surface area contributed by atoms with E-state index >= 15 is 0 Å². The van der Waals surface area contributed by atoms with Crippen molar-refractivity contribution >= 4 is 20.4 Å². The number of ether oxygens (including phenoxy) is 2. The smallest absolute Gasteiger partial charge is 0.408 e. The normalized spacial score (nSPS) is 14.7. The molecule has 1 amide bonds. The highest BCUT2D eigenvalue weighted by atomic mass is 28.4. The number of hydrogen-bond donors (Lipinski definition) is 2. The van der Waals surface area contributed by atoms with Crippen molar-refractivity contribution in [2.75, 3.05) is 7.11 Å². The molecule has 0 fully saturated rings. The summed E-state index contributed by atoms with van der Waals surface area (Å²) in [7, 11) is -0.697. The zero-order valence-corrected chi connectivity index (χ0v) is 26.1. The van der Waals surface area contributed by atoms with Gasteiger partial charge in [0.1, 0.15) is 16.9 Å². The zero-order valence-electron chi connectivity index (χ0n) is 25.1. The molecule has 0 aliphatic rings. The summed E-state index contributed by atoms with van der Waals surface area (Å²) in [5.41, 5.74) is -0.528. The Labute approximate surface area is 235 Å². The first kappa shape index (κ1) is 32.4. The van der Waals surface area contributed by atoms with Crippen LogP contribution in [0.3, 0.4) is 0 Å². The molecule has 0 aliphatic heterocycles. The van der Waals surface area contributed by atoms with Crippen LogP contribution in [0.4, 0.5) is 4.79 Å². The van der Waals surface area contributed by atoms with E-state index in [2.05, 4.69) is 51.3 Å². The fraction of sp³-hybridized carbons (Fsp3) is 0.548. The first-order chi connectivity index (χ1) is 18.0. The van der Waals surface area contributed by atoms with Crippen LogP contribution in [-0.4, -0.2) is 49.8 Å². The monoisotopic (exact) mass is 557 g/mol. The predicted molar refractivity (Wildman–Crippen MR) is 158 cm³/mol. The number of carboxylic acids is 1. The summed E-state index contributed by atoms with van der Waals surface area (Å²) in [6, 6.07) is 17.3. The molecule has 0 radical (unpaired) electrons. The lowest BCUT2D eigenvalue weighted by Crippen LogP contribution is -2.59. The number of hydrogen-bond acceptors (Lipinski definition) is 5. The average molecular weight is 558 g/mol. The third-order valence-corrected chi connectivity index (χ3v) is 11.8. The number of alkyl carbamates (subject to hydrolysis) is 1. The molecule has 2 N–H and O–H groups in total. The van der Waals surface area contributed by atoms with Crippen molar-refractivity contribution in [1.82, 2.24) is 5.32 Å². The average Bonchev–Trinajstić information content (AvgIpc) is 2.81. The first-order valence-corrected chi connectivity index (χ1v) is 16.5. The van der Waals surface area contributed by atoms with Gasteiger partial charge < -0.3 is 24.3 Å². The maximum absolute atomic E-state index is 13.1. The fourth-order valence-corrected chi connectivity index (χ4v) is 5.52. The molecule has 0 aliphatic carbocycles. The largest absolute Gasteiger partial charge is 0.497 e.